The molecule has 43 heavy (non-hydrogen) atoms. The molecule has 6 heterocycles. The molecule has 1 aliphatic rings. The molecule has 9 rings (SSSR count). The Morgan fingerprint density at radius 2 is 1.63 bits per heavy atom. The Bertz CT molecular complexity index is 2240. The normalized spacial score (nSPS) is 17.2. The van der Waals surface area contributed by atoms with Crippen molar-refractivity contribution in [3.8, 4) is 0 Å². The monoisotopic (exact) mass is 599 g/mol. The van der Waals surface area contributed by atoms with E-state index in [0.29, 0.717) is 39.7 Å². The number of rotatable bonds is 5. The maximum atomic E-state index is 6.51. The van der Waals surface area contributed by atoms with Gasteiger partial charge in [-0.05, 0) is 42.5 Å². The van der Waals surface area contributed by atoms with E-state index in [0.717, 1.165) is 31.4 Å². The van der Waals surface area contributed by atoms with E-state index < -0.39 is 4.87 Å². The summed E-state index contributed by atoms with van der Waals surface area (Å²) in [7, 11) is 0. The predicted octanol–water partition coefficient (Wildman–Crippen LogP) is 5.60. The van der Waals surface area contributed by atoms with Crippen LogP contribution in [0.4, 0.5) is 6.01 Å². The van der Waals surface area contributed by atoms with Gasteiger partial charge < -0.3 is 4.42 Å². The number of benzene rings is 3. The molecule has 8 aromatic rings. The molecule has 0 fully saturated rings. The van der Waals surface area contributed by atoms with Crippen LogP contribution in [0.5, 0.6) is 0 Å². The van der Waals surface area contributed by atoms with E-state index in [-0.39, 0.29) is 0 Å². The number of nitrogens with zero attached hydrogens (tertiary/aromatic N) is 9. The molecule has 0 bridgehead atoms. The van der Waals surface area contributed by atoms with Gasteiger partial charge in [0.2, 0.25) is 10.7 Å². The van der Waals surface area contributed by atoms with Crippen molar-refractivity contribution in [3.63, 3.8) is 0 Å². The minimum atomic E-state index is -1.19. The summed E-state index contributed by atoms with van der Waals surface area (Å²) < 4.78 is 7.57. The van der Waals surface area contributed by atoms with Crippen LogP contribution < -0.4 is 4.90 Å². The van der Waals surface area contributed by atoms with E-state index in [2.05, 4.69) is 42.1 Å². The van der Waals surface area contributed by atoms with Gasteiger partial charge >= 0.3 is 6.01 Å². The fraction of sp³-hybridized carbons (Fsp3) is 0.0345. The van der Waals surface area contributed by atoms with Gasteiger partial charge in [0.1, 0.15) is 21.6 Å². The zero-order valence-electron chi connectivity index (χ0n) is 21.9. The second kappa shape index (κ2) is 9.27. The number of thioether (sulfide) groups is 1. The summed E-state index contributed by atoms with van der Waals surface area (Å²) >= 11 is 3.11. The maximum Gasteiger partial charge on any atom is 0.304 e. The lowest BCUT2D eigenvalue weighted by molar-refractivity contribution is 0.554. The lowest BCUT2D eigenvalue weighted by atomic mass is 10.0. The number of aromatic nitrogens is 10. The van der Waals surface area contributed by atoms with E-state index in [4.69, 9.17) is 19.4 Å². The summed E-state index contributed by atoms with van der Waals surface area (Å²) in [5, 5.41) is 28.2. The van der Waals surface area contributed by atoms with Gasteiger partial charge in [0.25, 0.3) is 0 Å². The molecular formula is C29H17N11OS2. The number of thiazole rings is 1. The van der Waals surface area contributed by atoms with Gasteiger partial charge in [-0.15, -0.1) is 21.5 Å². The average Bonchev–Trinajstić information content (AvgIpc) is 3.88. The van der Waals surface area contributed by atoms with Crippen LogP contribution in [0.25, 0.3) is 43.0 Å². The van der Waals surface area contributed by atoms with Crippen LogP contribution in [0.2, 0.25) is 0 Å². The molecule has 1 aliphatic heterocycles. The molecule has 12 nitrogen and oxygen atoms in total. The molecule has 5 aromatic heterocycles. The molecule has 0 radical (unpaired) electrons. The predicted molar refractivity (Wildman–Crippen MR) is 164 cm³/mol. The number of pyridine rings is 1. The number of nitrogens with one attached hydrogen (secondary N) is 2. The zero-order chi connectivity index (χ0) is 28.4. The van der Waals surface area contributed by atoms with Crippen molar-refractivity contribution < 1.29 is 4.42 Å². The second-order valence-corrected chi connectivity index (χ2v) is 11.9. The fourth-order valence-corrected chi connectivity index (χ4v) is 7.94. The highest BCUT2D eigenvalue weighted by Gasteiger charge is 2.57. The number of oxazole rings is 1. The smallest absolute Gasteiger partial charge is 0.304 e. The van der Waals surface area contributed by atoms with Crippen LogP contribution in [-0.4, -0.2) is 51.0 Å². The third-order valence-electron chi connectivity index (χ3n) is 7.23. The second-order valence-electron chi connectivity index (χ2n) is 9.66. The number of para-hydroxylation sites is 4. The molecule has 0 amide bonds. The van der Waals surface area contributed by atoms with E-state index in [1.54, 1.807) is 17.5 Å². The molecule has 0 saturated heterocycles. The number of hydrogen-bond donors (Lipinski definition) is 2. The van der Waals surface area contributed by atoms with Crippen molar-refractivity contribution in [2.24, 2.45) is 0 Å². The first-order valence-electron chi connectivity index (χ1n) is 13.2. The molecule has 206 valence electrons. The SMILES string of the molecule is c1ccc(C2(c3nn[nH]n3)SC(c3nc4ccccc4s3)=C(c3cccc4n[nH]nc34)N2c2nc3ccccc3o2)nc1. The largest absolute Gasteiger partial charge is 0.423 e. The highest BCUT2D eigenvalue weighted by atomic mass is 32.2. The van der Waals surface area contributed by atoms with Gasteiger partial charge in [-0.3, -0.25) is 9.88 Å². The minimum absolute atomic E-state index is 0.329. The fourth-order valence-electron chi connectivity index (χ4n) is 5.40. The van der Waals surface area contributed by atoms with Crippen molar-refractivity contribution in [2.45, 2.75) is 4.87 Å². The molecule has 0 aliphatic carbocycles. The summed E-state index contributed by atoms with van der Waals surface area (Å²) in [6, 6.07) is 27.7. The Hall–Kier alpha value is -5.47. The Balaban J connectivity index is 1.43. The van der Waals surface area contributed by atoms with E-state index >= 15 is 0 Å². The van der Waals surface area contributed by atoms with Gasteiger partial charge in [0.05, 0.1) is 26.5 Å². The third-order valence-corrected chi connectivity index (χ3v) is 9.87. The maximum absolute atomic E-state index is 6.51. The van der Waals surface area contributed by atoms with Gasteiger partial charge in [-0.25, -0.2) is 4.98 Å². The number of anilines is 1. The molecule has 2 N–H and O–H groups in total. The summed E-state index contributed by atoms with van der Waals surface area (Å²) in [6.45, 7) is 0. The van der Waals surface area contributed by atoms with Crippen molar-refractivity contribution in [3.05, 3.63) is 113 Å². The number of H-pyrrole nitrogens is 2. The van der Waals surface area contributed by atoms with E-state index in [1.807, 2.05) is 83.8 Å². The number of aromatic amines is 2. The van der Waals surface area contributed by atoms with Crippen molar-refractivity contribution in [2.75, 3.05) is 4.90 Å². The van der Waals surface area contributed by atoms with Gasteiger partial charge in [0.15, 0.2) is 5.58 Å². The molecule has 1 atom stereocenters. The van der Waals surface area contributed by atoms with E-state index in [1.165, 1.54) is 11.8 Å². The molecule has 3 aromatic carbocycles. The third kappa shape index (κ3) is 3.57. The standard InChI is InChI=1S/C29H17N11OS2/c1-3-12-20-17(9-1)32-28(41-20)40-24(16-8-7-11-19-23(16)34-37-33-19)25(26-31-18-10-2-4-13-21(18)42-26)43-29(40,27-35-38-39-36-27)22-14-5-6-15-30-22/h1-15H,(H,33,34,37)(H,35,36,38,39). The Kier molecular flexibility index (Phi) is 5.21. The summed E-state index contributed by atoms with van der Waals surface area (Å²) in [5.74, 6) is 0.374. The topological polar surface area (TPSA) is 151 Å². The quantitative estimate of drug-likeness (QED) is 0.254. The van der Waals surface area contributed by atoms with Crippen LogP contribution in [0.15, 0.2) is 95.5 Å². The molecule has 1 unspecified atom stereocenters. The van der Waals surface area contributed by atoms with E-state index in [9.17, 15) is 0 Å². The Morgan fingerprint density at radius 3 is 2.47 bits per heavy atom. The zero-order valence-corrected chi connectivity index (χ0v) is 23.5. The number of hydrogen-bond acceptors (Lipinski definition) is 12. The van der Waals surface area contributed by atoms with Crippen LogP contribution in [0.3, 0.4) is 0 Å². The summed E-state index contributed by atoms with van der Waals surface area (Å²) in [6.07, 6.45) is 1.75. The lowest BCUT2D eigenvalue weighted by Gasteiger charge is -2.35. The van der Waals surface area contributed by atoms with Crippen LogP contribution in [0, 0.1) is 0 Å². The molecule has 14 heteroatoms. The molecular weight excluding hydrogens is 583 g/mol. The number of fused-ring (bicyclic) bond motifs is 3. The first-order valence-corrected chi connectivity index (χ1v) is 14.8. The summed E-state index contributed by atoms with van der Waals surface area (Å²) in [4.78, 5) is 16.6. The van der Waals surface area contributed by atoms with Crippen LogP contribution in [-0.2, 0) is 4.87 Å². The summed E-state index contributed by atoms with van der Waals surface area (Å²) in [5.41, 5.74) is 5.86. The first-order chi connectivity index (χ1) is 21.3. The van der Waals surface area contributed by atoms with Crippen molar-refractivity contribution in [1.29, 1.82) is 0 Å². The van der Waals surface area contributed by atoms with Crippen molar-refractivity contribution >= 4 is 72.1 Å². The highest BCUT2D eigenvalue weighted by Crippen LogP contribution is 2.62. The van der Waals surface area contributed by atoms with Gasteiger partial charge in [0, 0.05) is 11.8 Å². The number of tetrazole rings is 1. The van der Waals surface area contributed by atoms with Crippen molar-refractivity contribution in [1.82, 2.24) is 51.0 Å². The van der Waals surface area contributed by atoms with Crippen LogP contribution in [0.1, 0.15) is 22.1 Å². The Morgan fingerprint density at radius 1 is 0.767 bits per heavy atom. The molecule has 0 saturated carbocycles. The Labute approximate surface area is 249 Å². The average molecular weight is 600 g/mol. The lowest BCUT2D eigenvalue weighted by Crippen LogP contribution is -2.42. The first kappa shape index (κ1) is 24.2. The van der Waals surface area contributed by atoms with Crippen LogP contribution >= 0.6 is 23.1 Å². The van der Waals surface area contributed by atoms with Gasteiger partial charge in [-0.2, -0.15) is 25.6 Å². The minimum Gasteiger partial charge on any atom is -0.423 e. The van der Waals surface area contributed by atoms with Gasteiger partial charge in [-0.1, -0.05) is 59.4 Å². The molecule has 0 spiro atoms. The highest BCUT2D eigenvalue weighted by molar-refractivity contribution is 8.10.